The lowest BCUT2D eigenvalue weighted by atomic mass is 9.99. The fourth-order valence-electron chi connectivity index (χ4n) is 3.50. The van der Waals surface area contributed by atoms with Gasteiger partial charge in [0.15, 0.2) is 5.82 Å². The molecule has 134 valence electrons. The Balaban J connectivity index is 1.44. The van der Waals surface area contributed by atoms with Gasteiger partial charge in [-0.1, -0.05) is 29.8 Å². The number of nitrogens with zero attached hydrogens (tertiary/aromatic N) is 3. The van der Waals surface area contributed by atoms with Crippen molar-refractivity contribution in [1.82, 2.24) is 9.88 Å². The van der Waals surface area contributed by atoms with E-state index in [-0.39, 0.29) is 5.91 Å². The molecule has 0 unspecified atom stereocenters. The second-order valence-electron chi connectivity index (χ2n) is 6.84. The summed E-state index contributed by atoms with van der Waals surface area (Å²) in [5.74, 6) is 0.837. The molecule has 2 aliphatic heterocycles. The zero-order valence-corrected chi connectivity index (χ0v) is 15.5. The van der Waals surface area contributed by atoms with E-state index >= 15 is 0 Å². The summed E-state index contributed by atoms with van der Waals surface area (Å²) >= 11 is 5.97. The van der Waals surface area contributed by atoms with Gasteiger partial charge in [0.2, 0.25) is 5.91 Å². The Morgan fingerprint density at radius 2 is 2.08 bits per heavy atom. The summed E-state index contributed by atoms with van der Waals surface area (Å²) in [4.78, 5) is 20.5. The fourth-order valence-corrected chi connectivity index (χ4v) is 3.63. The average molecular weight is 369 g/mol. The van der Waals surface area contributed by atoms with E-state index in [1.165, 1.54) is 11.1 Å². The first-order valence-corrected chi connectivity index (χ1v) is 9.13. The third kappa shape index (κ3) is 3.59. The molecule has 3 heterocycles. The van der Waals surface area contributed by atoms with Crippen molar-refractivity contribution in [2.75, 3.05) is 36.9 Å². The van der Waals surface area contributed by atoms with Gasteiger partial charge in [-0.05, 0) is 41.3 Å². The smallest absolute Gasteiger partial charge is 0.244 e. The number of carbonyl (C=O) groups excluding carboxylic acids is 1. The highest BCUT2D eigenvalue weighted by atomic mass is 35.5. The predicted molar refractivity (Wildman–Crippen MR) is 105 cm³/mol. The average Bonchev–Trinajstić information content (AvgIpc) is 2.63. The standard InChI is InChI=1S/C20H21ClN4O/c1-24-13-19(26)23-18-10-14(11-22-20(18)24)12-25-8-6-16(7-9-25)15-2-4-17(21)5-3-15/h2-6,10-11H,7-9,12-13H2,1H3,(H,23,26). The minimum absolute atomic E-state index is 0.00691. The van der Waals surface area contributed by atoms with Crippen molar-refractivity contribution in [3.8, 4) is 0 Å². The number of likely N-dealkylation sites (N-methyl/N-ethyl adjacent to an activating group) is 1. The van der Waals surface area contributed by atoms with Crippen molar-refractivity contribution in [3.63, 3.8) is 0 Å². The number of amides is 1. The summed E-state index contributed by atoms with van der Waals surface area (Å²) in [5.41, 5.74) is 4.53. The van der Waals surface area contributed by atoms with Crippen LogP contribution >= 0.6 is 11.6 Å². The van der Waals surface area contributed by atoms with Gasteiger partial charge in [-0.25, -0.2) is 4.98 Å². The Labute approximate surface area is 158 Å². The predicted octanol–water partition coefficient (Wildman–Crippen LogP) is 3.41. The van der Waals surface area contributed by atoms with Crippen LogP contribution in [0.25, 0.3) is 5.57 Å². The minimum Gasteiger partial charge on any atom is -0.349 e. The molecule has 6 heteroatoms. The lowest BCUT2D eigenvalue weighted by Crippen LogP contribution is -2.36. The van der Waals surface area contributed by atoms with Gasteiger partial charge < -0.3 is 10.2 Å². The number of carbonyl (C=O) groups is 1. The molecule has 0 radical (unpaired) electrons. The molecule has 0 spiro atoms. The van der Waals surface area contributed by atoms with E-state index in [1.807, 2.05) is 36.3 Å². The fraction of sp³-hybridized carbons (Fsp3) is 0.300. The molecule has 0 aliphatic carbocycles. The number of hydrogen-bond donors (Lipinski definition) is 1. The summed E-state index contributed by atoms with van der Waals surface area (Å²) in [6.07, 6.45) is 5.21. The zero-order valence-electron chi connectivity index (χ0n) is 14.7. The van der Waals surface area contributed by atoms with Crippen LogP contribution in [0.5, 0.6) is 0 Å². The molecule has 1 amide bonds. The molecule has 5 nitrogen and oxygen atoms in total. The van der Waals surface area contributed by atoms with Gasteiger partial charge in [0.05, 0.1) is 12.2 Å². The molecule has 0 bridgehead atoms. The van der Waals surface area contributed by atoms with Gasteiger partial charge in [-0.15, -0.1) is 0 Å². The molecule has 26 heavy (non-hydrogen) atoms. The number of nitrogens with one attached hydrogen (secondary N) is 1. The van der Waals surface area contributed by atoms with Gasteiger partial charge in [-0.3, -0.25) is 9.69 Å². The maximum atomic E-state index is 11.7. The Hall–Kier alpha value is -2.37. The zero-order chi connectivity index (χ0) is 18.1. The van der Waals surface area contributed by atoms with Crippen molar-refractivity contribution in [2.24, 2.45) is 0 Å². The van der Waals surface area contributed by atoms with Crippen LogP contribution in [0.15, 0.2) is 42.6 Å². The second kappa shape index (κ2) is 7.09. The van der Waals surface area contributed by atoms with Crippen molar-refractivity contribution in [1.29, 1.82) is 0 Å². The van der Waals surface area contributed by atoms with Crippen LogP contribution in [0, 0.1) is 0 Å². The third-order valence-corrected chi connectivity index (χ3v) is 5.11. The van der Waals surface area contributed by atoms with Crippen molar-refractivity contribution >= 4 is 34.6 Å². The highest BCUT2D eigenvalue weighted by molar-refractivity contribution is 6.30. The number of pyridine rings is 1. The van der Waals surface area contributed by atoms with Crippen LogP contribution < -0.4 is 10.2 Å². The summed E-state index contributed by atoms with van der Waals surface area (Å²) in [6, 6.07) is 10.1. The van der Waals surface area contributed by atoms with Crippen molar-refractivity contribution in [3.05, 3.63) is 58.8 Å². The summed E-state index contributed by atoms with van der Waals surface area (Å²) in [7, 11) is 1.89. The molecule has 1 N–H and O–H groups in total. The van der Waals surface area contributed by atoms with Gasteiger partial charge in [0, 0.05) is 37.9 Å². The molecule has 0 saturated carbocycles. The Morgan fingerprint density at radius 3 is 2.81 bits per heavy atom. The molecule has 1 aromatic carbocycles. The molecular weight excluding hydrogens is 348 g/mol. The van der Waals surface area contributed by atoms with Crippen LogP contribution in [-0.2, 0) is 11.3 Å². The summed E-state index contributed by atoms with van der Waals surface area (Å²) in [5, 5.41) is 3.68. The highest BCUT2D eigenvalue weighted by Crippen LogP contribution is 2.28. The largest absolute Gasteiger partial charge is 0.349 e. The summed E-state index contributed by atoms with van der Waals surface area (Å²) in [6.45, 7) is 3.08. The van der Waals surface area contributed by atoms with Crippen molar-refractivity contribution in [2.45, 2.75) is 13.0 Å². The van der Waals surface area contributed by atoms with E-state index in [2.05, 4.69) is 33.4 Å². The number of halogens is 1. The van der Waals surface area contributed by atoms with E-state index < -0.39 is 0 Å². The summed E-state index contributed by atoms with van der Waals surface area (Å²) < 4.78 is 0. The molecule has 4 rings (SSSR count). The maximum absolute atomic E-state index is 11.7. The topological polar surface area (TPSA) is 48.5 Å². The number of rotatable bonds is 3. The molecule has 0 fully saturated rings. The minimum atomic E-state index is 0.00691. The number of fused-ring (bicyclic) bond motifs is 1. The van der Waals surface area contributed by atoms with Crippen LogP contribution in [0.3, 0.4) is 0 Å². The lowest BCUT2D eigenvalue weighted by molar-refractivity contribution is -0.115. The van der Waals surface area contributed by atoms with Gasteiger partial charge in [0.25, 0.3) is 0 Å². The first-order chi connectivity index (χ1) is 12.6. The van der Waals surface area contributed by atoms with E-state index in [4.69, 9.17) is 11.6 Å². The molecule has 1 aromatic heterocycles. The molecule has 2 aliphatic rings. The van der Waals surface area contributed by atoms with Crippen LogP contribution in [0.4, 0.5) is 11.5 Å². The van der Waals surface area contributed by atoms with E-state index in [9.17, 15) is 4.79 Å². The first kappa shape index (κ1) is 17.1. The van der Waals surface area contributed by atoms with Crippen LogP contribution in [0.2, 0.25) is 5.02 Å². The normalized spacial score (nSPS) is 17.5. The molecular formula is C20H21ClN4O. The van der Waals surface area contributed by atoms with Gasteiger partial charge in [0.1, 0.15) is 0 Å². The van der Waals surface area contributed by atoms with Crippen LogP contribution in [-0.4, -0.2) is 42.5 Å². The van der Waals surface area contributed by atoms with E-state index in [1.54, 1.807) is 0 Å². The quantitative estimate of drug-likeness (QED) is 0.901. The molecule has 0 atom stereocenters. The van der Waals surface area contributed by atoms with Gasteiger partial charge >= 0.3 is 0 Å². The van der Waals surface area contributed by atoms with Crippen molar-refractivity contribution < 1.29 is 4.79 Å². The van der Waals surface area contributed by atoms with E-state index in [0.717, 1.165) is 48.1 Å². The number of aromatic nitrogens is 1. The molecule has 2 aromatic rings. The number of anilines is 2. The monoisotopic (exact) mass is 368 g/mol. The number of benzene rings is 1. The SMILES string of the molecule is CN1CC(=O)Nc2cc(CN3CC=C(c4ccc(Cl)cc4)CC3)cnc21. The highest BCUT2D eigenvalue weighted by Gasteiger charge is 2.21. The maximum Gasteiger partial charge on any atom is 0.244 e. The third-order valence-electron chi connectivity index (χ3n) is 4.85. The Morgan fingerprint density at radius 1 is 1.27 bits per heavy atom. The number of hydrogen-bond acceptors (Lipinski definition) is 4. The Bertz CT molecular complexity index is 863. The van der Waals surface area contributed by atoms with Gasteiger partial charge in [-0.2, -0.15) is 0 Å². The molecule has 0 saturated heterocycles. The van der Waals surface area contributed by atoms with E-state index in [0.29, 0.717) is 6.54 Å². The lowest BCUT2D eigenvalue weighted by Gasteiger charge is -2.28. The Kier molecular flexibility index (Phi) is 4.66. The first-order valence-electron chi connectivity index (χ1n) is 8.76. The second-order valence-corrected chi connectivity index (χ2v) is 7.28. The van der Waals surface area contributed by atoms with Crippen LogP contribution in [0.1, 0.15) is 17.5 Å².